The molecular weight excluding hydrogens is 494 g/mol. The van der Waals surface area contributed by atoms with Gasteiger partial charge in [0.25, 0.3) is 5.91 Å². The number of nitrogens with zero attached hydrogens (tertiary/aromatic N) is 2. The first-order valence-corrected chi connectivity index (χ1v) is 12.5. The lowest BCUT2D eigenvalue weighted by molar-refractivity contribution is -0.137. The van der Waals surface area contributed by atoms with Crippen LogP contribution in [-0.4, -0.2) is 41.6 Å². The number of aryl methyl sites for hydroxylation is 1. The number of carboxylic acid groups (broad SMARTS) is 1. The van der Waals surface area contributed by atoms with Gasteiger partial charge in [-0.25, -0.2) is 4.98 Å². The van der Waals surface area contributed by atoms with Crippen LogP contribution in [-0.2, 0) is 4.79 Å². The van der Waals surface area contributed by atoms with Crippen LogP contribution in [0.1, 0.15) is 58.6 Å². The predicted molar refractivity (Wildman–Crippen MR) is 139 cm³/mol. The average molecular weight is 524 g/mol. The molecule has 2 aromatic carbocycles. The molecule has 1 fully saturated rings. The Kier molecular flexibility index (Phi) is 7.51. The zero-order valence-electron chi connectivity index (χ0n) is 19.6. The van der Waals surface area contributed by atoms with E-state index in [1.807, 2.05) is 56.3 Å². The summed E-state index contributed by atoms with van der Waals surface area (Å²) in [4.78, 5) is 32.1. The topological polar surface area (TPSA) is 82.5 Å². The Bertz CT molecular complexity index is 1220. The zero-order valence-corrected chi connectivity index (χ0v) is 21.2. The smallest absolute Gasteiger partial charge is 0.303 e. The highest BCUT2D eigenvalue weighted by Crippen LogP contribution is 2.32. The van der Waals surface area contributed by atoms with Crippen LogP contribution < -0.4 is 10.2 Å². The fourth-order valence-electron chi connectivity index (χ4n) is 4.86. The van der Waals surface area contributed by atoms with Crippen LogP contribution in [0.25, 0.3) is 10.9 Å². The SMILES string of the molecule is Cc1ccccc1[C@@H](CCC(=O)O)CNC(=O)c1c(C)c(N2CCCC2)nc2ccc(Br)cc12. The summed E-state index contributed by atoms with van der Waals surface area (Å²) in [6.45, 7) is 6.25. The Balaban J connectivity index is 1.67. The lowest BCUT2D eigenvalue weighted by Crippen LogP contribution is -2.30. The van der Waals surface area contributed by atoms with E-state index in [4.69, 9.17) is 4.98 Å². The number of rotatable bonds is 8. The second-order valence-electron chi connectivity index (χ2n) is 8.99. The standard InChI is InChI=1S/C27H30BrN3O3/c1-17-7-3-4-8-21(17)19(9-12-24(32)33)16-29-27(34)25-18(2)26(31-13-5-6-14-31)30-23-11-10-20(28)15-22(23)25/h3-4,7-8,10-11,15,19H,5-6,9,12-14,16H2,1-2H3,(H,29,34)(H,32,33)/t19-/m0/s1. The van der Waals surface area contributed by atoms with Crippen LogP contribution in [0.3, 0.4) is 0 Å². The van der Waals surface area contributed by atoms with Crippen molar-refractivity contribution in [2.75, 3.05) is 24.5 Å². The van der Waals surface area contributed by atoms with Crippen molar-refractivity contribution in [3.8, 4) is 0 Å². The summed E-state index contributed by atoms with van der Waals surface area (Å²) in [5, 5.41) is 13.2. The quantitative estimate of drug-likeness (QED) is 0.401. The van der Waals surface area contributed by atoms with Crippen molar-refractivity contribution in [2.24, 2.45) is 0 Å². The van der Waals surface area contributed by atoms with Crippen molar-refractivity contribution >= 4 is 44.5 Å². The summed E-state index contributed by atoms with van der Waals surface area (Å²) in [5.41, 5.74) is 4.47. The maximum absolute atomic E-state index is 13.6. The van der Waals surface area contributed by atoms with Gasteiger partial charge in [-0.2, -0.15) is 0 Å². The highest BCUT2D eigenvalue weighted by Gasteiger charge is 2.24. The van der Waals surface area contributed by atoms with Crippen LogP contribution >= 0.6 is 15.9 Å². The van der Waals surface area contributed by atoms with Gasteiger partial charge in [-0.3, -0.25) is 9.59 Å². The van der Waals surface area contributed by atoms with E-state index >= 15 is 0 Å². The number of aliphatic carboxylic acids is 1. The van der Waals surface area contributed by atoms with E-state index < -0.39 is 5.97 Å². The summed E-state index contributed by atoms with van der Waals surface area (Å²) in [7, 11) is 0. The van der Waals surface area contributed by atoms with E-state index in [0.717, 1.165) is 63.8 Å². The second-order valence-corrected chi connectivity index (χ2v) is 9.90. The van der Waals surface area contributed by atoms with E-state index in [2.05, 4.69) is 26.1 Å². The van der Waals surface area contributed by atoms with Crippen LogP contribution in [0.5, 0.6) is 0 Å². The first-order valence-electron chi connectivity index (χ1n) is 11.8. The Hall–Kier alpha value is -2.93. The number of carbonyl (C=O) groups excluding carboxylic acids is 1. The fourth-order valence-corrected chi connectivity index (χ4v) is 5.22. The Labute approximate surface area is 208 Å². The summed E-state index contributed by atoms with van der Waals surface area (Å²) < 4.78 is 0.892. The van der Waals surface area contributed by atoms with Gasteiger partial charge in [-0.05, 0) is 62.4 Å². The summed E-state index contributed by atoms with van der Waals surface area (Å²) in [6, 6.07) is 13.8. The molecule has 0 bridgehead atoms. The molecule has 2 N–H and O–H groups in total. The molecule has 0 unspecified atom stereocenters. The van der Waals surface area contributed by atoms with Crippen molar-refractivity contribution in [1.82, 2.24) is 10.3 Å². The molecule has 7 heteroatoms. The fraction of sp³-hybridized carbons (Fsp3) is 0.370. The molecule has 178 valence electrons. The number of benzene rings is 2. The molecule has 0 radical (unpaired) electrons. The molecule has 1 aliphatic heterocycles. The molecule has 4 rings (SSSR count). The highest BCUT2D eigenvalue weighted by atomic mass is 79.9. The average Bonchev–Trinajstić information content (AvgIpc) is 3.34. The third kappa shape index (κ3) is 5.25. The molecule has 0 aliphatic carbocycles. The van der Waals surface area contributed by atoms with Crippen LogP contribution in [0, 0.1) is 13.8 Å². The van der Waals surface area contributed by atoms with E-state index in [9.17, 15) is 14.7 Å². The number of hydrogen-bond acceptors (Lipinski definition) is 4. The molecule has 1 atom stereocenters. The number of carboxylic acids is 1. The molecule has 1 saturated heterocycles. The van der Waals surface area contributed by atoms with Crippen molar-refractivity contribution in [3.63, 3.8) is 0 Å². The van der Waals surface area contributed by atoms with Crippen molar-refractivity contribution in [3.05, 3.63) is 69.2 Å². The van der Waals surface area contributed by atoms with Gasteiger partial charge < -0.3 is 15.3 Å². The normalized spacial score (nSPS) is 14.4. The van der Waals surface area contributed by atoms with Crippen LogP contribution in [0.2, 0.25) is 0 Å². The molecule has 0 spiro atoms. The molecule has 1 aliphatic rings. The van der Waals surface area contributed by atoms with Crippen molar-refractivity contribution in [1.29, 1.82) is 0 Å². The van der Waals surface area contributed by atoms with Gasteiger partial charge in [0, 0.05) is 47.4 Å². The zero-order chi connectivity index (χ0) is 24.2. The number of anilines is 1. The number of carbonyl (C=O) groups is 2. The lowest BCUT2D eigenvalue weighted by atomic mass is 9.90. The number of nitrogens with one attached hydrogen (secondary N) is 1. The number of fused-ring (bicyclic) bond motifs is 1. The van der Waals surface area contributed by atoms with E-state index in [1.165, 1.54) is 0 Å². The molecule has 2 heterocycles. The van der Waals surface area contributed by atoms with Crippen molar-refractivity contribution < 1.29 is 14.7 Å². The molecule has 34 heavy (non-hydrogen) atoms. The summed E-state index contributed by atoms with van der Waals surface area (Å²) in [6.07, 6.45) is 2.77. The Morgan fingerprint density at radius 3 is 2.59 bits per heavy atom. The van der Waals surface area contributed by atoms with Gasteiger partial charge in [0.15, 0.2) is 0 Å². The van der Waals surface area contributed by atoms with Gasteiger partial charge in [0.05, 0.1) is 11.1 Å². The Morgan fingerprint density at radius 2 is 1.88 bits per heavy atom. The highest BCUT2D eigenvalue weighted by molar-refractivity contribution is 9.10. The summed E-state index contributed by atoms with van der Waals surface area (Å²) in [5.74, 6) is -0.198. The van der Waals surface area contributed by atoms with Gasteiger partial charge in [-0.1, -0.05) is 40.2 Å². The maximum Gasteiger partial charge on any atom is 0.303 e. The first kappa shape index (κ1) is 24.2. The second kappa shape index (κ2) is 10.6. The van der Waals surface area contributed by atoms with Gasteiger partial charge in [-0.15, -0.1) is 0 Å². The molecular formula is C27H30BrN3O3. The molecule has 1 aromatic heterocycles. The monoisotopic (exact) mass is 523 g/mol. The van der Waals surface area contributed by atoms with E-state index in [1.54, 1.807) is 0 Å². The summed E-state index contributed by atoms with van der Waals surface area (Å²) >= 11 is 3.53. The van der Waals surface area contributed by atoms with E-state index in [0.29, 0.717) is 18.5 Å². The first-order chi connectivity index (χ1) is 16.3. The maximum atomic E-state index is 13.6. The number of amides is 1. The minimum Gasteiger partial charge on any atom is -0.481 e. The van der Waals surface area contributed by atoms with E-state index in [-0.39, 0.29) is 18.2 Å². The third-order valence-electron chi connectivity index (χ3n) is 6.64. The number of halogens is 1. The molecule has 0 saturated carbocycles. The minimum absolute atomic E-state index is 0.0537. The predicted octanol–water partition coefficient (Wildman–Crippen LogP) is 5.59. The van der Waals surface area contributed by atoms with Crippen LogP contribution in [0.15, 0.2) is 46.9 Å². The van der Waals surface area contributed by atoms with Gasteiger partial charge in [0.1, 0.15) is 5.82 Å². The number of pyridine rings is 1. The Morgan fingerprint density at radius 1 is 1.15 bits per heavy atom. The molecule has 6 nitrogen and oxygen atoms in total. The van der Waals surface area contributed by atoms with Crippen molar-refractivity contribution in [2.45, 2.75) is 45.4 Å². The number of aromatic nitrogens is 1. The number of hydrogen-bond donors (Lipinski definition) is 2. The van der Waals surface area contributed by atoms with Gasteiger partial charge in [0.2, 0.25) is 0 Å². The third-order valence-corrected chi connectivity index (χ3v) is 7.13. The molecule has 1 amide bonds. The largest absolute Gasteiger partial charge is 0.481 e. The molecule has 3 aromatic rings. The lowest BCUT2D eigenvalue weighted by Gasteiger charge is -2.23. The van der Waals surface area contributed by atoms with Crippen LogP contribution in [0.4, 0.5) is 5.82 Å². The minimum atomic E-state index is -0.832. The van der Waals surface area contributed by atoms with Gasteiger partial charge >= 0.3 is 5.97 Å².